The van der Waals surface area contributed by atoms with Gasteiger partial charge in [-0.3, -0.25) is 10.1 Å². The van der Waals surface area contributed by atoms with Crippen LogP contribution >= 0.6 is 0 Å². The van der Waals surface area contributed by atoms with Gasteiger partial charge in [0.2, 0.25) is 11.8 Å². The monoisotopic (exact) mass is 351 g/mol. The molecule has 128 valence electrons. The highest BCUT2D eigenvalue weighted by Crippen LogP contribution is 2.45. The van der Waals surface area contributed by atoms with Gasteiger partial charge in [0.1, 0.15) is 11.6 Å². The number of aromatic amines is 1. The molecule has 0 unspecified atom stereocenters. The summed E-state index contributed by atoms with van der Waals surface area (Å²) in [6.45, 7) is 0. The van der Waals surface area contributed by atoms with Crippen LogP contribution in [-0.2, 0) is 0 Å². The van der Waals surface area contributed by atoms with E-state index >= 15 is 0 Å². The van der Waals surface area contributed by atoms with Gasteiger partial charge in [-0.05, 0) is 29.8 Å². The second-order valence-corrected chi connectivity index (χ2v) is 5.65. The van der Waals surface area contributed by atoms with Crippen LogP contribution in [0.1, 0.15) is 17.0 Å². The summed E-state index contributed by atoms with van der Waals surface area (Å²) in [5, 5.41) is 16.5. The Balaban J connectivity index is 1.97. The molecule has 4 rings (SSSR count). The van der Waals surface area contributed by atoms with Crippen molar-refractivity contribution >= 4 is 0 Å². The van der Waals surface area contributed by atoms with Crippen molar-refractivity contribution in [3.8, 4) is 23.2 Å². The molecule has 0 radical (unpaired) electrons. The van der Waals surface area contributed by atoms with Crippen molar-refractivity contribution in [2.75, 3.05) is 0 Å². The number of hydrogen-bond donors (Lipinski definition) is 2. The normalized spacial score (nSPS) is 16.0. The molecule has 0 amide bonds. The van der Waals surface area contributed by atoms with Crippen LogP contribution in [0.25, 0.3) is 11.3 Å². The Morgan fingerprint density at radius 1 is 1.15 bits per heavy atom. The smallest absolute Gasteiger partial charge is 0.244 e. The van der Waals surface area contributed by atoms with Crippen LogP contribution in [-0.4, -0.2) is 15.2 Å². The molecule has 1 atom stereocenters. The highest BCUT2D eigenvalue weighted by Gasteiger charge is 2.35. The Kier molecular flexibility index (Phi) is 3.62. The third kappa shape index (κ3) is 2.38. The number of allylic oxidation sites excluding steroid dienone is 1. The SMILES string of the molecule is N#CC1=C(N)Oc2n[nH]c(-c3ccncc3)c2[C@@H]1c1ccc(F)c(F)c1. The van der Waals surface area contributed by atoms with Crippen molar-refractivity contribution in [1.29, 1.82) is 5.26 Å². The van der Waals surface area contributed by atoms with Crippen LogP contribution in [0.4, 0.5) is 8.78 Å². The highest BCUT2D eigenvalue weighted by atomic mass is 19.2. The average Bonchev–Trinajstić information content (AvgIpc) is 3.07. The number of ether oxygens (including phenoxy) is 1. The van der Waals surface area contributed by atoms with E-state index in [1.807, 2.05) is 6.07 Å². The lowest BCUT2D eigenvalue weighted by atomic mass is 9.83. The molecule has 1 aliphatic heterocycles. The number of halogens is 2. The molecular weight excluding hydrogens is 340 g/mol. The highest BCUT2D eigenvalue weighted by molar-refractivity contribution is 5.70. The molecule has 1 aliphatic rings. The summed E-state index contributed by atoms with van der Waals surface area (Å²) in [6.07, 6.45) is 3.21. The van der Waals surface area contributed by atoms with E-state index in [4.69, 9.17) is 10.5 Å². The first-order valence-electron chi connectivity index (χ1n) is 7.61. The van der Waals surface area contributed by atoms with E-state index in [0.717, 1.165) is 17.7 Å². The van der Waals surface area contributed by atoms with Crippen molar-refractivity contribution in [3.63, 3.8) is 0 Å². The van der Waals surface area contributed by atoms with Crippen LogP contribution in [0, 0.1) is 23.0 Å². The number of fused-ring (bicyclic) bond motifs is 1. The third-order valence-electron chi connectivity index (χ3n) is 4.18. The molecule has 2 aromatic heterocycles. The standard InChI is InChI=1S/C18H11F2N5O/c19-12-2-1-10(7-13(12)20)14-11(8-21)17(22)26-18-15(14)16(24-25-18)9-3-5-23-6-4-9/h1-7,14H,22H2,(H,24,25)/t14-/m1/s1. The lowest BCUT2D eigenvalue weighted by molar-refractivity contribution is 0.378. The van der Waals surface area contributed by atoms with Gasteiger partial charge in [0.25, 0.3) is 0 Å². The summed E-state index contributed by atoms with van der Waals surface area (Å²) in [5.74, 6) is -2.68. The van der Waals surface area contributed by atoms with Gasteiger partial charge in [0.15, 0.2) is 11.6 Å². The number of aromatic nitrogens is 3. The first-order chi connectivity index (χ1) is 12.6. The maximum Gasteiger partial charge on any atom is 0.244 e. The molecule has 3 N–H and O–H groups in total. The van der Waals surface area contributed by atoms with Gasteiger partial charge in [-0.15, -0.1) is 5.10 Å². The Morgan fingerprint density at radius 3 is 2.62 bits per heavy atom. The fourth-order valence-corrected chi connectivity index (χ4v) is 3.01. The fraction of sp³-hybridized carbons (Fsp3) is 0.0556. The second-order valence-electron chi connectivity index (χ2n) is 5.65. The van der Waals surface area contributed by atoms with Crippen molar-refractivity contribution in [2.24, 2.45) is 5.73 Å². The lowest BCUT2D eigenvalue weighted by Crippen LogP contribution is -2.21. The molecule has 3 heterocycles. The van der Waals surface area contributed by atoms with Crippen molar-refractivity contribution < 1.29 is 13.5 Å². The molecule has 6 nitrogen and oxygen atoms in total. The zero-order valence-corrected chi connectivity index (χ0v) is 13.2. The number of H-pyrrole nitrogens is 1. The molecule has 8 heteroatoms. The van der Waals surface area contributed by atoms with Gasteiger partial charge in [-0.2, -0.15) is 5.26 Å². The molecule has 0 aliphatic carbocycles. The summed E-state index contributed by atoms with van der Waals surface area (Å²) in [5.41, 5.74) is 8.17. The first-order valence-corrected chi connectivity index (χ1v) is 7.61. The number of rotatable bonds is 2. The first kappa shape index (κ1) is 15.8. The van der Waals surface area contributed by atoms with Crippen molar-refractivity contribution in [2.45, 2.75) is 5.92 Å². The molecule has 1 aromatic carbocycles. The minimum Gasteiger partial charge on any atom is -0.420 e. The number of nitrogens with two attached hydrogens (primary N) is 1. The molecular formula is C18H11F2N5O. The number of benzene rings is 1. The van der Waals surface area contributed by atoms with E-state index in [0.29, 0.717) is 16.8 Å². The number of nitrogens with zero attached hydrogens (tertiary/aromatic N) is 3. The molecule has 3 aromatic rings. The zero-order chi connectivity index (χ0) is 18.3. The largest absolute Gasteiger partial charge is 0.420 e. The van der Waals surface area contributed by atoms with Gasteiger partial charge in [-0.25, -0.2) is 8.78 Å². The predicted molar refractivity (Wildman–Crippen MR) is 87.5 cm³/mol. The van der Waals surface area contributed by atoms with Crippen molar-refractivity contribution in [3.05, 3.63) is 76.9 Å². The number of nitriles is 1. The number of hydrogen-bond acceptors (Lipinski definition) is 5. The molecule has 0 bridgehead atoms. The van der Waals surface area contributed by atoms with E-state index in [1.54, 1.807) is 24.5 Å². The lowest BCUT2D eigenvalue weighted by Gasteiger charge is -2.24. The molecule has 0 saturated heterocycles. The summed E-state index contributed by atoms with van der Waals surface area (Å²) in [6, 6.07) is 8.98. The maximum atomic E-state index is 13.8. The summed E-state index contributed by atoms with van der Waals surface area (Å²) in [7, 11) is 0. The Labute approximate surface area is 146 Å². The molecule has 26 heavy (non-hydrogen) atoms. The summed E-state index contributed by atoms with van der Waals surface area (Å²) >= 11 is 0. The molecule has 0 fully saturated rings. The van der Waals surface area contributed by atoms with Crippen molar-refractivity contribution in [1.82, 2.24) is 15.2 Å². The molecule has 0 saturated carbocycles. The third-order valence-corrected chi connectivity index (χ3v) is 4.18. The maximum absolute atomic E-state index is 13.8. The van der Waals surface area contributed by atoms with Crippen LogP contribution < -0.4 is 10.5 Å². The fourth-order valence-electron chi connectivity index (χ4n) is 3.01. The Bertz CT molecular complexity index is 1070. The minimum atomic E-state index is -1.01. The van der Waals surface area contributed by atoms with E-state index in [9.17, 15) is 14.0 Å². The van der Waals surface area contributed by atoms with Crippen LogP contribution in [0.2, 0.25) is 0 Å². The van der Waals surface area contributed by atoms with Gasteiger partial charge in [-0.1, -0.05) is 6.07 Å². The van der Waals surface area contributed by atoms with Crippen LogP contribution in [0.15, 0.2) is 54.2 Å². The topological polar surface area (TPSA) is 101 Å². The second kappa shape index (κ2) is 5.97. The number of pyridine rings is 1. The van der Waals surface area contributed by atoms with E-state index in [2.05, 4.69) is 15.2 Å². The van der Waals surface area contributed by atoms with Gasteiger partial charge in [0.05, 0.1) is 17.2 Å². The zero-order valence-electron chi connectivity index (χ0n) is 13.2. The Morgan fingerprint density at radius 2 is 1.92 bits per heavy atom. The average molecular weight is 351 g/mol. The van der Waals surface area contributed by atoms with E-state index in [-0.39, 0.29) is 17.3 Å². The van der Waals surface area contributed by atoms with Crippen LogP contribution in [0.5, 0.6) is 5.88 Å². The summed E-state index contributed by atoms with van der Waals surface area (Å²) < 4.78 is 32.6. The minimum absolute atomic E-state index is 0.0974. The predicted octanol–water partition coefficient (Wildman–Crippen LogP) is 2.97. The van der Waals surface area contributed by atoms with Gasteiger partial charge in [0, 0.05) is 18.0 Å². The van der Waals surface area contributed by atoms with Gasteiger partial charge >= 0.3 is 0 Å². The summed E-state index contributed by atoms with van der Waals surface area (Å²) in [4.78, 5) is 3.97. The molecule has 0 spiro atoms. The van der Waals surface area contributed by atoms with Gasteiger partial charge < -0.3 is 10.5 Å². The Hall–Kier alpha value is -3.73. The van der Waals surface area contributed by atoms with Crippen LogP contribution in [0.3, 0.4) is 0 Å². The number of nitrogens with one attached hydrogen (secondary N) is 1. The quantitative estimate of drug-likeness (QED) is 0.739. The van der Waals surface area contributed by atoms with E-state index in [1.165, 1.54) is 6.07 Å². The van der Waals surface area contributed by atoms with E-state index < -0.39 is 17.6 Å².